The summed E-state index contributed by atoms with van der Waals surface area (Å²) in [5.74, 6) is 0. The number of rotatable bonds is 4. The molecule has 2 rings (SSSR count). The minimum Gasteiger partial charge on any atom is -0.444 e. The van der Waals surface area contributed by atoms with Crippen LogP contribution >= 0.6 is 0 Å². The Morgan fingerprint density at radius 1 is 1.32 bits per heavy atom. The Bertz CT molecular complexity index is 678. The molecule has 1 amide bonds. The predicted octanol–water partition coefficient (Wildman–Crippen LogP) is 1.70. The van der Waals surface area contributed by atoms with E-state index >= 15 is 0 Å². The van der Waals surface area contributed by atoms with Gasteiger partial charge in [0, 0.05) is 0 Å². The SMILES string of the molecule is CC(C)(C)OC(=O)N[C@]1(C=O)C[C@H]1S(=O)(=O)c1ccccc1. The normalized spacial score (nSPS) is 24.4. The van der Waals surface area contributed by atoms with Crippen molar-refractivity contribution in [2.45, 2.75) is 48.5 Å². The Balaban J connectivity index is 2.16. The molecule has 22 heavy (non-hydrogen) atoms. The molecule has 0 aromatic heterocycles. The number of carbonyl (C=O) groups excluding carboxylic acids is 2. The van der Waals surface area contributed by atoms with Crippen LogP contribution in [0.15, 0.2) is 35.2 Å². The number of amides is 1. The molecule has 0 heterocycles. The minimum absolute atomic E-state index is 0.0486. The Kier molecular flexibility index (Phi) is 4.04. The Morgan fingerprint density at radius 3 is 2.41 bits per heavy atom. The van der Waals surface area contributed by atoms with Gasteiger partial charge >= 0.3 is 6.09 Å². The maximum Gasteiger partial charge on any atom is 0.408 e. The van der Waals surface area contributed by atoms with Crippen LogP contribution in [0.2, 0.25) is 0 Å². The zero-order valence-electron chi connectivity index (χ0n) is 12.7. The third-order valence-corrected chi connectivity index (χ3v) is 5.59. The Labute approximate surface area is 129 Å². The first kappa shape index (κ1) is 16.5. The van der Waals surface area contributed by atoms with Crippen molar-refractivity contribution in [3.8, 4) is 0 Å². The molecule has 6 nitrogen and oxygen atoms in total. The number of sulfone groups is 1. The number of aldehydes is 1. The second-order valence-electron chi connectivity index (χ2n) is 6.34. The average molecular weight is 325 g/mol. The molecular weight excluding hydrogens is 306 g/mol. The van der Waals surface area contributed by atoms with Crippen molar-refractivity contribution >= 4 is 22.2 Å². The van der Waals surface area contributed by atoms with E-state index < -0.39 is 32.3 Å². The van der Waals surface area contributed by atoms with E-state index in [0.29, 0.717) is 6.29 Å². The van der Waals surface area contributed by atoms with Crippen molar-refractivity contribution in [2.24, 2.45) is 0 Å². The van der Waals surface area contributed by atoms with E-state index in [1.165, 1.54) is 12.1 Å². The molecule has 0 radical (unpaired) electrons. The first-order chi connectivity index (χ1) is 10.1. The molecule has 0 saturated heterocycles. The van der Waals surface area contributed by atoms with Gasteiger partial charge in [-0.25, -0.2) is 13.2 Å². The molecule has 120 valence electrons. The molecule has 0 spiro atoms. The van der Waals surface area contributed by atoms with Crippen LogP contribution in [0.3, 0.4) is 0 Å². The maximum absolute atomic E-state index is 12.5. The highest BCUT2D eigenvalue weighted by Gasteiger charge is 2.63. The summed E-state index contributed by atoms with van der Waals surface area (Å²) >= 11 is 0. The first-order valence-corrected chi connectivity index (χ1v) is 8.42. The van der Waals surface area contributed by atoms with Crippen LogP contribution < -0.4 is 5.32 Å². The van der Waals surface area contributed by atoms with Gasteiger partial charge in [-0.1, -0.05) is 18.2 Å². The molecule has 1 fully saturated rings. The van der Waals surface area contributed by atoms with Crippen LogP contribution in [0.1, 0.15) is 27.2 Å². The topological polar surface area (TPSA) is 89.5 Å². The molecule has 1 aromatic carbocycles. The third kappa shape index (κ3) is 3.30. The summed E-state index contributed by atoms with van der Waals surface area (Å²) in [7, 11) is -3.68. The number of hydrogen-bond acceptors (Lipinski definition) is 5. The highest BCUT2D eigenvalue weighted by atomic mass is 32.2. The predicted molar refractivity (Wildman–Crippen MR) is 80.2 cm³/mol. The number of carbonyl (C=O) groups is 2. The van der Waals surface area contributed by atoms with E-state index in [9.17, 15) is 18.0 Å². The van der Waals surface area contributed by atoms with Crippen LogP contribution in [0, 0.1) is 0 Å². The summed E-state index contributed by atoms with van der Waals surface area (Å²) in [5.41, 5.74) is -2.13. The van der Waals surface area contributed by atoms with E-state index in [1.807, 2.05) is 0 Å². The van der Waals surface area contributed by atoms with Crippen molar-refractivity contribution in [1.29, 1.82) is 0 Å². The van der Waals surface area contributed by atoms with Crippen LogP contribution in [0.25, 0.3) is 0 Å². The summed E-state index contributed by atoms with van der Waals surface area (Å²) in [5, 5.41) is 1.43. The van der Waals surface area contributed by atoms with Crippen molar-refractivity contribution in [2.75, 3.05) is 0 Å². The van der Waals surface area contributed by atoms with E-state index in [-0.39, 0.29) is 11.3 Å². The van der Waals surface area contributed by atoms with Gasteiger partial charge in [0.1, 0.15) is 17.4 Å². The summed E-state index contributed by atoms with van der Waals surface area (Å²) in [4.78, 5) is 23.3. The van der Waals surface area contributed by atoms with Gasteiger partial charge in [0.2, 0.25) is 0 Å². The molecule has 1 saturated carbocycles. The molecule has 1 aliphatic carbocycles. The fourth-order valence-corrected chi connectivity index (χ4v) is 4.22. The third-order valence-electron chi connectivity index (χ3n) is 3.33. The van der Waals surface area contributed by atoms with Crippen molar-refractivity contribution < 1.29 is 22.7 Å². The first-order valence-electron chi connectivity index (χ1n) is 6.87. The lowest BCUT2D eigenvalue weighted by atomic mass is 10.2. The lowest BCUT2D eigenvalue weighted by Crippen LogP contribution is -2.45. The van der Waals surface area contributed by atoms with Gasteiger partial charge in [0.25, 0.3) is 0 Å². The average Bonchev–Trinajstić information content (AvgIpc) is 3.13. The standard InChI is InChI=1S/C15H19NO5S/c1-14(2,3)21-13(18)16-15(10-17)9-12(15)22(19,20)11-7-5-4-6-8-11/h4-8,10,12H,9H2,1-3H3,(H,16,18)/t12-,15+/m1/s1. The molecule has 1 aliphatic rings. The number of ether oxygens (including phenoxy) is 1. The van der Waals surface area contributed by atoms with Crippen LogP contribution in [0.4, 0.5) is 4.79 Å². The van der Waals surface area contributed by atoms with Crippen LogP contribution in [0.5, 0.6) is 0 Å². The Hall–Kier alpha value is -1.89. The largest absolute Gasteiger partial charge is 0.444 e. The lowest BCUT2D eigenvalue weighted by Gasteiger charge is -2.21. The fraction of sp³-hybridized carbons (Fsp3) is 0.467. The summed E-state index contributed by atoms with van der Waals surface area (Å²) in [6.45, 7) is 5.06. The fourth-order valence-electron chi connectivity index (χ4n) is 2.19. The zero-order valence-corrected chi connectivity index (χ0v) is 13.5. The van der Waals surface area contributed by atoms with E-state index in [4.69, 9.17) is 4.74 Å². The number of nitrogens with one attached hydrogen (secondary N) is 1. The van der Waals surface area contributed by atoms with Gasteiger partial charge in [0.15, 0.2) is 9.84 Å². The highest BCUT2D eigenvalue weighted by Crippen LogP contribution is 2.43. The Morgan fingerprint density at radius 2 is 1.91 bits per heavy atom. The minimum atomic E-state index is -3.68. The van der Waals surface area contributed by atoms with E-state index in [0.717, 1.165) is 0 Å². The molecule has 0 bridgehead atoms. The second-order valence-corrected chi connectivity index (χ2v) is 8.47. The van der Waals surface area contributed by atoms with Gasteiger partial charge < -0.3 is 14.8 Å². The number of hydrogen-bond donors (Lipinski definition) is 1. The summed E-state index contributed by atoms with van der Waals surface area (Å²) in [6, 6.07) is 7.86. The molecule has 1 N–H and O–H groups in total. The molecule has 1 aromatic rings. The molecule has 7 heteroatoms. The molecular formula is C15H19NO5S. The summed E-state index contributed by atoms with van der Waals surface area (Å²) in [6.07, 6.45) is -0.278. The second kappa shape index (κ2) is 5.39. The van der Waals surface area contributed by atoms with Crippen LogP contribution in [-0.4, -0.2) is 37.2 Å². The van der Waals surface area contributed by atoms with Gasteiger partial charge in [-0.05, 0) is 39.3 Å². The maximum atomic E-state index is 12.5. The number of alkyl carbamates (subject to hydrolysis) is 1. The molecule has 0 aliphatic heterocycles. The summed E-state index contributed by atoms with van der Waals surface area (Å²) < 4.78 is 30.0. The van der Waals surface area contributed by atoms with E-state index in [1.54, 1.807) is 39.0 Å². The number of benzene rings is 1. The van der Waals surface area contributed by atoms with Gasteiger partial charge in [-0.15, -0.1) is 0 Å². The quantitative estimate of drug-likeness (QED) is 0.851. The molecule has 0 unspecified atom stereocenters. The van der Waals surface area contributed by atoms with Gasteiger partial charge in [-0.2, -0.15) is 0 Å². The molecule has 2 atom stereocenters. The van der Waals surface area contributed by atoms with Crippen molar-refractivity contribution in [3.05, 3.63) is 30.3 Å². The highest BCUT2D eigenvalue weighted by molar-refractivity contribution is 7.92. The lowest BCUT2D eigenvalue weighted by molar-refractivity contribution is -0.110. The van der Waals surface area contributed by atoms with Crippen molar-refractivity contribution in [3.63, 3.8) is 0 Å². The van der Waals surface area contributed by atoms with Crippen molar-refractivity contribution in [1.82, 2.24) is 5.32 Å². The van der Waals surface area contributed by atoms with Crippen LogP contribution in [-0.2, 0) is 19.4 Å². The zero-order chi connectivity index (χ0) is 16.6. The van der Waals surface area contributed by atoms with Gasteiger partial charge in [-0.3, -0.25) is 0 Å². The van der Waals surface area contributed by atoms with E-state index in [2.05, 4.69) is 5.32 Å². The van der Waals surface area contributed by atoms with Gasteiger partial charge in [0.05, 0.1) is 10.1 Å². The smallest absolute Gasteiger partial charge is 0.408 e. The monoisotopic (exact) mass is 325 g/mol.